The molecule has 3 aromatic carbocycles. The number of likely N-dealkylation sites (tertiary alicyclic amines) is 2. The second-order valence-electron chi connectivity index (χ2n) is 16.8. The molecule has 4 aromatic rings. The smallest absolute Gasteiger partial charge is 0.328 e. The molecule has 0 saturated carbocycles. The van der Waals surface area contributed by atoms with Crippen molar-refractivity contribution in [1.29, 1.82) is 0 Å². The monoisotopic (exact) mass is 815 g/mol. The van der Waals surface area contributed by atoms with Crippen LogP contribution in [-0.2, 0) is 9.53 Å². The Morgan fingerprint density at radius 1 is 0.883 bits per heavy atom. The van der Waals surface area contributed by atoms with E-state index in [4.69, 9.17) is 21.9 Å². The summed E-state index contributed by atoms with van der Waals surface area (Å²) in [5.41, 5.74) is 24.9. The number of piperidine rings is 2. The maximum absolute atomic E-state index is 13.7. The largest absolute Gasteiger partial charge is 0.507 e. The average Bonchev–Trinajstić information content (AvgIpc) is 3.59. The van der Waals surface area contributed by atoms with E-state index in [0.717, 1.165) is 80.6 Å². The minimum atomic E-state index is -0.360. The Bertz CT molecular complexity index is 2300. The highest BCUT2D eigenvalue weighted by Gasteiger charge is 2.32. The quantitative estimate of drug-likeness (QED) is 0.142. The SMILES string of the molecule is Cc1cc2c(N3CCC(=O)NC3=O)cccc2n1C1CCN(CC2CCN(C(=O)c3ccc(C4CN(C(/C=C(\N)c5ccccc5O)=C(N)N)CC(C)O4)cc3)CC2)CC1. The Hall–Kier alpha value is -5.99. The number of benzene rings is 3. The maximum Gasteiger partial charge on any atom is 0.328 e. The van der Waals surface area contributed by atoms with Gasteiger partial charge in [0.15, 0.2) is 0 Å². The molecule has 2 atom stereocenters. The molecule has 0 radical (unpaired) electrons. The highest BCUT2D eigenvalue weighted by Crippen LogP contribution is 2.36. The van der Waals surface area contributed by atoms with Crippen LogP contribution in [0.15, 0.2) is 90.4 Å². The van der Waals surface area contributed by atoms with Gasteiger partial charge in [-0.3, -0.25) is 19.8 Å². The number of nitrogens with zero attached hydrogens (tertiary/aromatic N) is 5. The lowest BCUT2D eigenvalue weighted by Gasteiger charge is -2.39. The van der Waals surface area contributed by atoms with Crippen molar-refractivity contribution < 1.29 is 24.2 Å². The molecule has 8 N–H and O–H groups in total. The first kappa shape index (κ1) is 40.8. The first-order valence-corrected chi connectivity index (χ1v) is 21.2. The lowest BCUT2D eigenvalue weighted by atomic mass is 9.94. The van der Waals surface area contributed by atoms with Crippen molar-refractivity contribution in [2.75, 3.05) is 57.3 Å². The number of carbonyl (C=O) groups is 3. The third-order valence-corrected chi connectivity index (χ3v) is 12.7. The van der Waals surface area contributed by atoms with Crippen LogP contribution < -0.4 is 27.4 Å². The van der Waals surface area contributed by atoms with Crippen LogP contribution in [-0.4, -0.2) is 101 Å². The highest BCUT2D eigenvalue weighted by molar-refractivity contribution is 6.09. The van der Waals surface area contributed by atoms with E-state index in [-0.39, 0.29) is 41.6 Å². The summed E-state index contributed by atoms with van der Waals surface area (Å²) in [4.78, 5) is 46.4. The summed E-state index contributed by atoms with van der Waals surface area (Å²) in [6, 6.07) is 22.9. The molecule has 4 aliphatic heterocycles. The number of hydrogen-bond acceptors (Lipinski definition) is 10. The zero-order valence-corrected chi connectivity index (χ0v) is 34.6. The molecule has 4 amide bonds. The first-order chi connectivity index (χ1) is 28.9. The van der Waals surface area contributed by atoms with Crippen molar-refractivity contribution in [1.82, 2.24) is 24.6 Å². The van der Waals surface area contributed by atoms with E-state index >= 15 is 0 Å². The van der Waals surface area contributed by atoms with Crippen LogP contribution in [0.5, 0.6) is 5.75 Å². The van der Waals surface area contributed by atoms with Crippen LogP contribution in [0.4, 0.5) is 10.5 Å². The number of aromatic hydroxyl groups is 1. The minimum Gasteiger partial charge on any atom is -0.507 e. The highest BCUT2D eigenvalue weighted by atomic mass is 16.5. The molecule has 60 heavy (non-hydrogen) atoms. The van der Waals surface area contributed by atoms with Gasteiger partial charge in [0.1, 0.15) is 17.7 Å². The van der Waals surface area contributed by atoms with Crippen LogP contribution in [0, 0.1) is 12.8 Å². The molecule has 14 heteroatoms. The van der Waals surface area contributed by atoms with Gasteiger partial charge in [-0.05, 0) is 99.6 Å². The topological polar surface area (TPSA) is 189 Å². The van der Waals surface area contributed by atoms with Gasteiger partial charge in [-0.1, -0.05) is 30.3 Å². The second kappa shape index (κ2) is 17.3. The number of fused-ring (bicyclic) bond motifs is 1. The molecule has 1 aromatic heterocycles. The van der Waals surface area contributed by atoms with E-state index in [1.165, 1.54) is 5.69 Å². The van der Waals surface area contributed by atoms with Gasteiger partial charge in [0, 0.05) is 92.7 Å². The predicted molar refractivity (Wildman–Crippen MR) is 232 cm³/mol. The van der Waals surface area contributed by atoms with Crippen molar-refractivity contribution in [3.8, 4) is 5.75 Å². The average molecular weight is 816 g/mol. The Kier molecular flexibility index (Phi) is 11.8. The van der Waals surface area contributed by atoms with Gasteiger partial charge in [-0.15, -0.1) is 0 Å². The number of ether oxygens (including phenoxy) is 1. The number of para-hydroxylation sites is 1. The number of allylic oxidation sites excluding steroid dienone is 1. The summed E-state index contributed by atoms with van der Waals surface area (Å²) in [6.45, 7) is 10.1. The molecule has 2 unspecified atom stereocenters. The maximum atomic E-state index is 13.7. The fraction of sp³-hybridized carbons (Fsp3) is 0.413. The number of aryl methyl sites for hydroxylation is 1. The number of aromatic nitrogens is 1. The van der Waals surface area contributed by atoms with Crippen LogP contribution >= 0.6 is 0 Å². The van der Waals surface area contributed by atoms with E-state index < -0.39 is 0 Å². The minimum absolute atomic E-state index is 0.0538. The van der Waals surface area contributed by atoms with E-state index in [0.29, 0.717) is 60.5 Å². The summed E-state index contributed by atoms with van der Waals surface area (Å²) >= 11 is 0. The zero-order chi connectivity index (χ0) is 42.1. The Morgan fingerprint density at radius 2 is 1.62 bits per heavy atom. The molecular weight excluding hydrogens is 759 g/mol. The van der Waals surface area contributed by atoms with Crippen molar-refractivity contribution in [2.24, 2.45) is 23.1 Å². The van der Waals surface area contributed by atoms with E-state index in [9.17, 15) is 19.5 Å². The molecule has 4 saturated heterocycles. The van der Waals surface area contributed by atoms with Gasteiger partial charge in [0.2, 0.25) is 5.91 Å². The summed E-state index contributed by atoms with van der Waals surface area (Å²) in [5, 5.41) is 13.8. The molecule has 0 aliphatic carbocycles. The molecule has 0 bridgehead atoms. The Morgan fingerprint density at radius 3 is 2.32 bits per heavy atom. The Labute approximate surface area is 351 Å². The van der Waals surface area contributed by atoms with Crippen LogP contribution in [0.2, 0.25) is 0 Å². The fourth-order valence-electron chi connectivity index (χ4n) is 9.58. The number of amides is 4. The number of nitrogens with two attached hydrogens (primary N) is 3. The van der Waals surface area contributed by atoms with Gasteiger partial charge in [0.05, 0.1) is 23.0 Å². The fourth-order valence-corrected chi connectivity index (χ4v) is 9.58. The number of nitrogens with one attached hydrogen (secondary N) is 1. The Balaban J connectivity index is 0.830. The summed E-state index contributed by atoms with van der Waals surface area (Å²) in [7, 11) is 0. The van der Waals surface area contributed by atoms with Crippen molar-refractivity contribution in [3.63, 3.8) is 0 Å². The number of imide groups is 1. The lowest BCUT2D eigenvalue weighted by Crippen LogP contribution is -2.49. The number of urea groups is 1. The molecule has 4 aliphatic rings. The number of hydrogen-bond donors (Lipinski definition) is 5. The van der Waals surface area contributed by atoms with E-state index in [1.807, 2.05) is 48.2 Å². The number of carbonyl (C=O) groups excluding carboxylic acids is 3. The van der Waals surface area contributed by atoms with Crippen LogP contribution in [0.1, 0.15) is 78.4 Å². The number of rotatable bonds is 9. The number of morpholine rings is 1. The van der Waals surface area contributed by atoms with Crippen LogP contribution in [0.25, 0.3) is 16.6 Å². The predicted octanol–water partition coefficient (Wildman–Crippen LogP) is 5.14. The molecule has 5 heterocycles. The third kappa shape index (κ3) is 8.52. The van der Waals surface area contributed by atoms with Crippen molar-refractivity contribution in [2.45, 2.75) is 64.2 Å². The molecule has 4 fully saturated rings. The molecule has 8 rings (SSSR count). The second-order valence-corrected chi connectivity index (χ2v) is 16.8. The normalized spacial score (nSPS) is 21.4. The standard InChI is InChI=1S/C46H57N9O5/c1-29-24-36-38(54-23-18-43(57)50-46(54)59)7-5-8-39(36)55(29)34-16-19-51(20-17-34)27-31-14-21-52(22-15-31)45(58)33-12-10-32(11-13-33)42-28-53(26-30(2)60-42)40(44(48)49)25-37(47)35-6-3-4-9-41(35)56/h3-13,24-25,30-31,34,42,56H,14-23,26-28,47-49H2,1-2H3,(H,50,57,59)/b37-25-. The van der Waals surface area contributed by atoms with Crippen molar-refractivity contribution >= 4 is 40.1 Å². The van der Waals surface area contributed by atoms with Gasteiger partial charge in [-0.25, -0.2) is 4.79 Å². The van der Waals surface area contributed by atoms with Gasteiger partial charge < -0.3 is 46.3 Å². The number of phenols is 1. The van der Waals surface area contributed by atoms with Gasteiger partial charge in [-0.2, -0.15) is 0 Å². The van der Waals surface area contributed by atoms with E-state index in [1.54, 1.807) is 35.2 Å². The van der Waals surface area contributed by atoms with Gasteiger partial charge in [0.25, 0.3) is 5.91 Å². The number of phenolic OH excluding ortho intramolecular Hbond substituents is 1. The van der Waals surface area contributed by atoms with E-state index in [2.05, 4.69) is 38.7 Å². The van der Waals surface area contributed by atoms with Crippen molar-refractivity contribution in [3.05, 3.63) is 113 Å². The summed E-state index contributed by atoms with van der Waals surface area (Å²) in [6.07, 6.45) is 5.65. The van der Waals surface area contributed by atoms with Crippen LogP contribution in [0.3, 0.4) is 0 Å². The summed E-state index contributed by atoms with van der Waals surface area (Å²) < 4.78 is 8.79. The number of anilines is 1. The summed E-state index contributed by atoms with van der Waals surface area (Å²) in [5.74, 6) is 0.565. The molecule has 316 valence electrons. The molecule has 0 spiro atoms. The third-order valence-electron chi connectivity index (χ3n) is 12.7. The van der Waals surface area contributed by atoms with Gasteiger partial charge >= 0.3 is 6.03 Å². The first-order valence-electron chi connectivity index (χ1n) is 21.2. The molecular formula is C46H57N9O5. The molecule has 14 nitrogen and oxygen atoms in total. The lowest BCUT2D eigenvalue weighted by molar-refractivity contribution is -0.120. The zero-order valence-electron chi connectivity index (χ0n) is 34.6.